The minimum Gasteiger partial charge on any atom is -0.486 e. The van der Waals surface area contributed by atoms with Gasteiger partial charge in [-0.15, -0.1) is 0 Å². The highest BCUT2D eigenvalue weighted by atomic mass is 16.6. The molecule has 0 bridgehead atoms. The fourth-order valence-corrected chi connectivity index (χ4v) is 3.63. The molecule has 8 heteroatoms. The van der Waals surface area contributed by atoms with Gasteiger partial charge in [-0.1, -0.05) is 6.07 Å². The number of aryl methyl sites for hydroxylation is 4. The average Bonchev–Trinajstić information content (AvgIpc) is 3.04. The lowest BCUT2D eigenvalue weighted by molar-refractivity contribution is 0.0977. The fourth-order valence-electron chi connectivity index (χ4n) is 3.63. The number of ether oxygens (including phenoxy) is 2. The van der Waals surface area contributed by atoms with Gasteiger partial charge in [0.15, 0.2) is 11.5 Å². The molecule has 2 N–H and O–H groups in total. The second kappa shape index (κ2) is 9.36. The molecule has 3 aromatic rings. The molecule has 1 aliphatic rings. The Morgan fingerprint density at radius 3 is 2.48 bits per heavy atom. The Labute approximate surface area is 193 Å². The summed E-state index contributed by atoms with van der Waals surface area (Å²) in [5, 5.41) is 10.6. The normalized spacial score (nSPS) is 13.1. The average molecular weight is 448 g/mol. The SMILES string of the molecule is Cc1ccc(C(=O)NC(=NCc2c(C)nn(C)c2C)Nc2ccc3c(c2)OCCO3)cc1C. The lowest BCUT2D eigenvalue weighted by atomic mass is 10.1. The summed E-state index contributed by atoms with van der Waals surface area (Å²) in [5.74, 6) is 1.47. The zero-order chi connectivity index (χ0) is 23.5. The minimum atomic E-state index is -0.235. The Balaban J connectivity index is 1.60. The summed E-state index contributed by atoms with van der Waals surface area (Å²) in [6.45, 7) is 9.38. The van der Waals surface area contributed by atoms with E-state index >= 15 is 0 Å². The molecule has 172 valence electrons. The number of fused-ring (bicyclic) bond motifs is 1. The molecule has 2 aromatic carbocycles. The van der Waals surface area contributed by atoms with Gasteiger partial charge in [-0.2, -0.15) is 5.10 Å². The number of nitrogens with zero attached hydrogens (tertiary/aromatic N) is 3. The smallest absolute Gasteiger partial charge is 0.257 e. The highest BCUT2D eigenvalue weighted by molar-refractivity contribution is 6.10. The minimum absolute atomic E-state index is 0.235. The Morgan fingerprint density at radius 2 is 1.79 bits per heavy atom. The first-order valence-corrected chi connectivity index (χ1v) is 10.9. The Kier molecular flexibility index (Phi) is 6.35. The molecule has 0 unspecified atom stereocenters. The zero-order valence-electron chi connectivity index (χ0n) is 19.7. The van der Waals surface area contributed by atoms with Gasteiger partial charge in [-0.05, 0) is 63.1 Å². The predicted molar refractivity (Wildman–Crippen MR) is 128 cm³/mol. The fraction of sp³-hybridized carbons (Fsp3) is 0.320. The highest BCUT2D eigenvalue weighted by Gasteiger charge is 2.15. The van der Waals surface area contributed by atoms with Gasteiger partial charge in [0.2, 0.25) is 5.96 Å². The van der Waals surface area contributed by atoms with Crippen LogP contribution in [-0.2, 0) is 13.6 Å². The van der Waals surface area contributed by atoms with Gasteiger partial charge in [0.25, 0.3) is 5.91 Å². The van der Waals surface area contributed by atoms with E-state index in [9.17, 15) is 4.79 Å². The molecule has 0 fully saturated rings. The zero-order valence-corrected chi connectivity index (χ0v) is 19.7. The van der Waals surface area contributed by atoms with Gasteiger partial charge < -0.3 is 14.8 Å². The maximum Gasteiger partial charge on any atom is 0.257 e. The van der Waals surface area contributed by atoms with Crippen LogP contribution >= 0.6 is 0 Å². The van der Waals surface area contributed by atoms with Crippen LogP contribution in [0.5, 0.6) is 11.5 Å². The van der Waals surface area contributed by atoms with Crippen molar-refractivity contribution in [2.24, 2.45) is 12.0 Å². The molecular formula is C25H29N5O3. The molecule has 33 heavy (non-hydrogen) atoms. The van der Waals surface area contributed by atoms with E-state index in [1.54, 1.807) is 0 Å². The second-order valence-electron chi connectivity index (χ2n) is 8.17. The molecule has 4 rings (SSSR count). The predicted octanol–water partition coefficient (Wildman–Crippen LogP) is 3.82. The Hall–Kier alpha value is -3.81. The van der Waals surface area contributed by atoms with Crippen molar-refractivity contribution < 1.29 is 14.3 Å². The van der Waals surface area contributed by atoms with Crippen LogP contribution in [0.4, 0.5) is 5.69 Å². The van der Waals surface area contributed by atoms with Crippen molar-refractivity contribution in [3.05, 3.63) is 70.0 Å². The van der Waals surface area contributed by atoms with Crippen molar-refractivity contribution >= 4 is 17.6 Å². The van der Waals surface area contributed by atoms with Crippen LogP contribution in [0.15, 0.2) is 41.4 Å². The van der Waals surface area contributed by atoms with Crippen molar-refractivity contribution in [3.8, 4) is 11.5 Å². The number of guanidine groups is 1. The summed E-state index contributed by atoms with van der Waals surface area (Å²) in [4.78, 5) is 17.7. The van der Waals surface area contributed by atoms with Gasteiger partial charge in [-0.25, -0.2) is 4.99 Å². The number of amides is 1. The van der Waals surface area contributed by atoms with Crippen LogP contribution in [0, 0.1) is 27.7 Å². The molecular weight excluding hydrogens is 418 g/mol. The molecule has 1 amide bonds. The highest BCUT2D eigenvalue weighted by Crippen LogP contribution is 2.32. The third kappa shape index (κ3) is 5.00. The quantitative estimate of drug-likeness (QED) is 0.469. The molecule has 1 aliphatic heterocycles. The van der Waals surface area contributed by atoms with E-state index in [0.717, 1.165) is 33.8 Å². The van der Waals surface area contributed by atoms with Gasteiger partial charge >= 0.3 is 0 Å². The summed E-state index contributed by atoms with van der Waals surface area (Å²) in [7, 11) is 1.91. The molecule has 1 aromatic heterocycles. The number of nitrogens with one attached hydrogen (secondary N) is 2. The van der Waals surface area contributed by atoms with E-state index in [2.05, 4.69) is 20.7 Å². The number of aromatic nitrogens is 2. The van der Waals surface area contributed by atoms with Gasteiger partial charge in [0, 0.05) is 35.6 Å². The number of aliphatic imine (C=N–C) groups is 1. The number of anilines is 1. The molecule has 0 saturated carbocycles. The largest absolute Gasteiger partial charge is 0.486 e. The molecule has 0 radical (unpaired) electrons. The third-order valence-electron chi connectivity index (χ3n) is 5.86. The second-order valence-corrected chi connectivity index (χ2v) is 8.17. The molecule has 0 aliphatic carbocycles. The van der Waals surface area contributed by atoms with Crippen LogP contribution in [0.1, 0.15) is 38.4 Å². The number of carbonyl (C=O) groups excluding carboxylic acids is 1. The number of rotatable bonds is 4. The number of hydrogen-bond acceptors (Lipinski definition) is 5. The summed E-state index contributed by atoms with van der Waals surface area (Å²) < 4.78 is 13.1. The van der Waals surface area contributed by atoms with Crippen LogP contribution in [0.25, 0.3) is 0 Å². The maximum atomic E-state index is 13.0. The van der Waals surface area contributed by atoms with E-state index in [-0.39, 0.29) is 5.91 Å². The van der Waals surface area contributed by atoms with Crippen molar-refractivity contribution in [2.75, 3.05) is 18.5 Å². The Morgan fingerprint density at radius 1 is 1.03 bits per heavy atom. The molecule has 2 heterocycles. The number of hydrogen-bond donors (Lipinski definition) is 2. The maximum absolute atomic E-state index is 13.0. The number of benzene rings is 2. The monoisotopic (exact) mass is 447 g/mol. The van der Waals surface area contributed by atoms with Crippen molar-refractivity contribution in [1.82, 2.24) is 15.1 Å². The summed E-state index contributed by atoms with van der Waals surface area (Å²) >= 11 is 0. The standard InChI is InChI=1S/C25H29N5O3/c1-15-6-7-19(12-16(15)2)24(31)28-25(26-14-21-17(3)29-30(5)18(21)4)27-20-8-9-22-23(13-20)33-11-10-32-22/h6-9,12-13H,10-11,14H2,1-5H3,(H2,26,27,28,31). The van der Waals surface area contributed by atoms with Crippen molar-refractivity contribution in [1.29, 1.82) is 0 Å². The lowest BCUT2D eigenvalue weighted by Gasteiger charge is -2.19. The van der Waals surface area contributed by atoms with Gasteiger partial charge in [0.1, 0.15) is 13.2 Å². The first-order chi connectivity index (χ1) is 15.8. The summed E-state index contributed by atoms with van der Waals surface area (Å²) in [5.41, 5.74) is 6.48. The van der Waals surface area contributed by atoms with Crippen molar-refractivity contribution in [3.63, 3.8) is 0 Å². The van der Waals surface area contributed by atoms with E-state index < -0.39 is 0 Å². The van der Waals surface area contributed by atoms with Gasteiger partial charge in [-0.3, -0.25) is 14.8 Å². The van der Waals surface area contributed by atoms with Gasteiger partial charge in [0.05, 0.1) is 12.2 Å². The topological polar surface area (TPSA) is 89.8 Å². The number of carbonyl (C=O) groups is 1. The molecule has 0 spiro atoms. The van der Waals surface area contributed by atoms with Crippen LogP contribution < -0.4 is 20.1 Å². The Bertz CT molecular complexity index is 1230. The van der Waals surface area contributed by atoms with Crippen LogP contribution in [0.2, 0.25) is 0 Å². The summed E-state index contributed by atoms with van der Waals surface area (Å²) in [6.07, 6.45) is 0. The van der Waals surface area contributed by atoms with E-state index in [0.29, 0.717) is 42.8 Å². The first-order valence-electron chi connectivity index (χ1n) is 10.9. The first kappa shape index (κ1) is 22.4. The summed E-state index contributed by atoms with van der Waals surface area (Å²) in [6, 6.07) is 11.2. The third-order valence-corrected chi connectivity index (χ3v) is 5.86. The lowest BCUT2D eigenvalue weighted by Crippen LogP contribution is -2.36. The van der Waals surface area contributed by atoms with E-state index in [4.69, 9.17) is 9.47 Å². The van der Waals surface area contributed by atoms with E-state index in [1.807, 2.05) is 75.8 Å². The molecule has 8 nitrogen and oxygen atoms in total. The molecule has 0 saturated heterocycles. The molecule has 0 atom stereocenters. The van der Waals surface area contributed by atoms with Crippen molar-refractivity contribution in [2.45, 2.75) is 34.2 Å². The van der Waals surface area contributed by atoms with Crippen LogP contribution in [0.3, 0.4) is 0 Å². The van der Waals surface area contributed by atoms with E-state index in [1.165, 1.54) is 0 Å². The van der Waals surface area contributed by atoms with Crippen LogP contribution in [-0.4, -0.2) is 34.9 Å².